The molecule has 0 radical (unpaired) electrons. The predicted molar refractivity (Wildman–Crippen MR) is 89.5 cm³/mol. The Balaban J connectivity index is 1.73. The van der Waals surface area contributed by atoms with Gasteiger partial charge in [-0.2, -0.15) is 0 Å². The number of nitrogens with two attached hydrogens (primary N) is 1. The van der Waals surface area contributed by atoms with E-state index >= 15 is 0 Å². The van der Waals surface area contributed by atoms with Gasteiger partial charge < -0.3 is 10.3 Å². The molecule has 0 saturated heterocycles. The predicted octanol–water partition coefficient (Wildman–Crippen LogP) is 3.09. The van der Waals surface area contributed by atoms with Gasteiger partial charge in [-0.25, -0.2) is 0 Å². The van der Waals surface area contributed by atoms with Crippen molar-refractivity contribution >= 4 is 33.6 Å². The Hall–Kier alpha value is -1.34. The molecule has 1 fully saturated rings. The van der Waals surface area contributed by atoms with Gasteiger partial charge in [0.05, 0.1) is 0 Å². The quantitative estimate of drug-likeness (QED) is 0.748. The third-order valence-corrected chi connectivity index (χ3v) is 5.06. The van der Waals surface area contributed by atoms with Gasteiger partial charge >= 0.3 is 0 Å². The Morgan fingerprint density at radius 2 is 2.23 bits per heavy atom. The van der Waals surface area contributed by atoms with Gasteiger partial charge in [0, 0.05) is 29.1 Å². The van der Waals surface area contributed by atoms with Crippen LogP contribution in [0.4, 0.5) is 0 Å². The van der Waals surface area contributed by atoms with E-state index in [1.807, 2.05) is 12.1 Å². The van der Waals surface area contributed by atoms with E-state index in [0.717, 1.165) is 34.0 Å². The second-order valence-electron chi connectivity index (χ2n) is 5.40. The van der Waals surface area contributed by atoms with E-state index in [-0.39, 0.29) is 5.91 Å². The molecule has 3 rings (SSSR count). The zero-order chi connectivity index (χ0) is 15.5. The number of rotatable bonds is 7. The molecule has 0 unspecified atom stereocenters. The highest BCUT2D eigenvalue weighted by molar-refractivity contribution is 9.10. The summed E-state index contributed by atoms with van der Waals surface area (Å²) in [5, 5.41) is 9.49. The maximum absolute atomic E-state index is 11.1. The fraction of sp³-hybridized carbons (Fsp3) is 0.400. The number of halogens is 1. The summed E-state index contributed by atoms with van der Waals surface area (Å²) in [5.74, 6) is 2.02. The first-order chi connectivity index (χ1) is 10.6. The monoisotopic (exact) mass is 380 g/mol. The largest absolute Gasteiger partial charge is 0.370 e. The summed E-state index contributed by atoms with van der Waals surface area (Å²) in [6, 6.07) is 8.21. The van der Waals surface area contributed by atoms with Crippen molar-refractivity contribution in [3.05, 3.63) is 40.1 Å². The standard InChI is InChI=1S/C15H17BrN4OS/c16-12-3-1-2-10(8-12)9-22-15-19-18-14(11-4-5-11)20(15)7-6-13(17)21/h1-3,8,11H,4-7,9H2,(H2,17,21). The van der Waals surface area contributed by atoms with E-state index in [0.29, 0.717) is 18.9 Å². The minimum Gasteiger partial charge on any atom is -0.370 e. The number of thioether (sulfide) groups is 1. The summed E-state index contributed by atoms with van der Waals surface area (Å²) in [6.07, 6.45) is 2.64. The first kappa shape index (κ1) is 15.6. The third kappa shape index (κ3) is 3.89. The van der Waals surface area contributed by atoms with Crippen molar-refractivity contribution in [2.45, 2.75) is 42.6 Å². The van der Waals surface area contributed by atoms with Crippen LogP contribution in [0.1, 0.15) is 36.6 Å². The summed E-state index contributed by atoms with van der Waals surface area (Å²) < 4.78 is 3.13. The van der Waals surface area contributed by atoms with Crippen LogP contribution in [0.15, 0.2) is 33.9 Å². The van der Waals surface area contributed by atoms with Crippen molar-refractivity contribution < 1.29 is 4.79 Å². The Labute approximate surface area is 141 Å². The van der Waals surface area contributed by atoms with Crippen LogP contribution in [0, 0.1) is 0 Å². The topological polar surface area (TPSA) is 73.8 Å². The van der Waals surface area contributed by atoms with Crippen LogP contribution in [0.2, 0.25) is 0 Å². The molecule has 1 aromatic carbocycles. The van der Waals surface area contributed by atoms with Crippen molar-refractivity contribution in [3.63, 3.8) is 0 Å². The number of hydrogen-bond donors (Lipinski definition) is 1. The van der Waals surface area contributed by atoms with E-state index in [4.69, 9.17) is 5.73 Å². The van der Waals surface area contributed by atoms with E-state index in [1.54, 1.807) is 11.8 Å². The normalized spacial score (nSPS) is 14.2. The highest BCUT2D eigenvalue weighted by Crippen LogP contribution is 2.40. The van der Waals surface area contributed by atoms with Gasteiger partial charge in [-0.1, -0.05) is 39.8 Å². The van der Waals surface area contributed by atoms with Crippen LogP contribution in [-0.2, 0) is 17.1 Å². The van der Waals surface area contributed by atoms with Crippen LogP contribution in [0.5, 0.6) is 0 Å². The molecule has 1 aromatic heterocycles. The van der Waals surface area contributed by atoms with Crippen molar-refractivity contribution in [2.75, 3.05) is 0 Å². The van der Waals surface area contributed by atoms with Crippen LogP contribution >= 0.6 is 27.7 Å². The molecule has 0 atom stereocenters. The minimum atomic E-state index is -0.293. The first-order valence-corrected chi connectivity index (χ1v) is 9.00. The number of aromatic nitrogens is 3. The molecule has 2 aromatic rings. The number of benzene rings is 1. The molecule has 7 heteroatoms. The molecule has 116 valence electrons. The fourth-order valence-corrected chi connectivity index (χ4v) is 3.62. The smallest absolute Gasteiger partial charge is 0.219 e. The first-order valence-electron chi connectivity index (χ1n) is 7.22. The lowest BCUT2D eigenvalue weighted by molar-refractivity contribution is -0.118. The second-order valence-corrected chi connectivity index (χ2v) is 7.26. The van der Waals surface area contributed by atoms with Gasteiger partial charge in [-0.15, -0.1) is 10.2 Å². The Kier molecular flexibility index (Phi) is 4.83. The van der Waals surface area contributed by atoms with Gasteiger partial charge in [0.15, 0.2) is 5.16 Å². The maximum atomic E-state index is 11.1. The van der Waals surface area contributed by atoms with E-state index in [1.165, 1.54) is 5.56 Å². The van der Waals surface area contributed by atoms with Crippen LogP contribution < -0.4 is 5.73 Å². The molecule has 1 amide bonds. The number of primary amides is 1. The number of carbonyl (C=O) groups is 1. The summed E-state index contributed by atoms with van der Waals surface area (Å²) in [4.78, 5) is 11.1. The third-order valence-electron chi connectivity index (χ3n) is 3.53. The summed E-state index contributed by atoms with van der Waals surface area (Å²) in [5.41, 5.74) is 6.50. The average molecular weight is 381 g/mol. The maximum Gasteiger partial charge on any atom is 0.219 e. The van der Waals surface area contributed by atoms with E-state index < -0.39 is 0 Å². The molecule has 22 heavy (non-hydrogen) atoms. The lowest BCUT2D eigenvalue weighted by atomic mass is 10.2. The Morgan fingerprint density at radius 1 is 1.41 bits per heavy atom. The molecule has 1 saturated carbocycles. The average Bonchev–Trinajstić information content (AvgIpc) is 3.24. The Morgan fingerprint density at radius 3 is 2.91 bits per heavy atom. The fourth-order valence-electron chi connectivity index (χ4n) is 2.26. The van der Waals surface area contributed by atoms with Gasteiger partial charge in [-0.05, 0) is 30.5 Å². The molecule has 0 aliphatic heterocycles. The molecule has 1 aliphatic carbocycles. The van der Waals surface area contributed by atoms with Gasteiger partial charge in [-0.3, -0.25) is 4.79 Å². The lowest BCUT2D eigenvalue weighted by Gasteiger charge is -2.08. The molecule has 1 aliphatic rings. The van der Waals surface area contributed by atoms with Gasteiger partial charge in [0.25, 0.3) is 0 Å². The van der Waals surface area contributed by atoms with Crippen molar-refractivity contribution in [1.82, 2.24) is 14.8 Å². The number of amides is 1. The van der Waals surface area contributed by atoms with E-state index in [9.17, 15) is 4.79 Å². The molecule has 0 spiro atoms. The number of hydrogen-bond acceptors (Lipinski definition) is 4. The van der Waals surface area contributed by atoms with Crippen LogP contribution in [0.3, 0.4) is 0 Å². The number of carbonyl (C=O) groups excluding carboxylic acids is 1. The molecule has 2 N–H and O–H groups in total. The number of nitrogens with zero attached hydrogens (tertiary/aromatic N) is 3. The highest BCUT2D eigenvalue weighted by atomic mass is 79.9. The molecule has 5 nitrogen and oxygen atoms in total. The van der Waals surface area contributed by atoms with Crippen molar-refractivity contribution in [1.29, 1.82) is 0 Å². The lowest BCUT2D eigenvalue weighted by Crippen LogP contribution is -2.15. The molecular formula is C15H17BrN4OS. The van der Waals surface area contributed by atoms with Crippen molar-refractivity contribution in [3.8, 4) is 0 Å². The van der Waals surface area contributed by atoms with E-state index in [2.05, 4.69) is 42.8 Å². The minimum absolute atomic E-state index is 0.293. The molecular weight excluding hydrogens is 364 g/mol. The van der Waals surface area contributed by atoms with Gasteiger partial charge in [0.2, 0.25) is 5.91 Å². The Bertz CT molecular complexity index is 684. The highest BCUT2D eigenvalue weighted by Gasteiger charge is 2.30. The summed E-state index contributed by atoms with van der Waals surface area (Å²) in [7, 11) is 0. The van der Waals surface area contributed by atoms with Crippen LogP contribution in [-0.4, -0.2) is 20.7 Å². The zero-order valence-electron chi connectivity index (χ0n) is 12.0. The van der Waals surface area contributed by atoms with Gasteiger partial charge in [0.1, 0.15) is 5.82 Å². The van der Waals surface area contributed by atoms with Crippen molar-refractivity contribution in [2.24, 2.45) is 5.73 Å². The molecule has 1 heterocycles. The summed E-state index contributed by atoms with van der Waals surface area (Å²) in [6.45, 7) is 0.564. The van der Waals surface area contributed by atoms with Crippen LogP contribution in [0.25, 0.3) is 0 Å². The summed E-state index contributed by atoms with van der Waals surface area (Å²) >= 11 is 5.12. The zero-order valence-corrected chi connectivity index (χ0v) is 14.4. The SMILES string of the molecule is NC(=O)CCn1c(SCc2cccc(Br)c2)nnc1C1CC1. The molecule has 0 bridgehead atoms. The second kappa shape index (κ2) is 6.83.